The molecule has 6 heteroatoms. The molecule has 0 radical (unpaired) electrons. The Kier molecular flexibility index (Phi) is 4.01. The van der Waals surface area contributed by atoms with Crippen molar-refractivity contribution in [2.24, 2.45) is 5.73 Å². The van der Waals surface area contributed by atoms with Crippen molar-refractivity contribution in [1.29, 1.82) is 0 Å². The van der Waals surface area contributed by atoms with Crippen LogP contribution >= 0.6 is 11.3 Å². The minimum atomic E-state index is -0.881. The minimum Gasteiger partial charge on any atom is -0.481 e. The molecule has 0 saturated heterocycles. The summed E-state index contributed by atoms with van der Waals surface area (Å²) in [5, 5.41) is 11.4. The van der Waals surface area contributed by atoms with E-state index in [1.807, 2.05) is 17.5 Å². The summed E-state index contributed by atoms with van der Waals surface area (Å²) in [6.45, 7) is 0. The number of hydrogen-bond acceptors (Lipinski definition) is 5. The fourth-order valence-electron chi connectivity index (χ4n) is 1.58. The van der Waals surface area contributed by atoms with Gasteiger partial charge in [0.15, 0.2) is 0 Å². The number of nitrogens with two attached hydrogens (primary N) is 1. The highest BCUT2D eigenvalue weighted by molar-refractivity contribution is 7.09. The zero-order valence-corrected chi connectivity index (χ0v) is 10.4. The summed E-state index contributed by atoms with van der Waals surface area (Å²) >= 11 is 1.50. The van der Waals surface area contributed by atoms with Crippen LogP contribution in [-0.2, 0) is 11.2 Å². The number of pyridine rings is 1. The number of aliphatic carboxylic acids is 1. The van der Waals surface area contributed by atoms with Crippen molar-refractivity contribution < 1.29 is 9.90 Å². The van der Waals surface area contributed by atoms with Crippen LogP contribution in [0, 0.1) is 0 Å². The maximum Gasteiger partial charge on any atom is 0.304 e. The van der Waals surface area contributed by atoms with Gasteiger partial charge in [-0.1, -0.05) is 0 Å². The van der Waals surface area contributed by atoms with E-state index in [9.17, 15) is 4.79 Å². The number of carboxylic acids is 1. The lowest BCUT2D eigenvalue weighted by molar-refractivity contribution is -0.137. The Hall–Kier alpha value is -1.79. The van der Waals surface area contributed by atoms with Crippen molar-refractivity contribution in [2.45, 2.75) is 18.9 Å². The molecule has 2 aromatic rings. The highest BCUT2D eigenvalue weighted by atomic mass is 32.1. The fraction of sp³-hybridized carbons (Fsp3) is 0.250. The Balaban J connectivity index is 2.05. The molecule has 0 aliphatic heterocycles. The molecule has 0 aromatic carbocycles. The molecular formula is C12H13N3O2S. The first-order valence-electron chi connectivity index (χ1n) is 5.47. The first kappa shape index (κ1) is 12.7. The van der Waals surface area contributed by atoms with E-state index in [-0.39, 0.29) is 12.5 Å². The third-order valence-electron chi connectivity index (χ3n) is 2.40. The highest BCUT2D eigenvalue weighted by Gasteiger charge is 2.12. The lowest BCUT2D eigenvalue weighted by Crippen LogP contribution is -2.26. The van der Waals surface area contributed by atoms with Gasteiger partial charge in [-0.05, 0) is 12.1 Å². The van der Waals surface area contributed by atoms with Gasteiger partial charge >= 0.3 is 5.97 Å². The van der Waals surface area contributed by atoms with E-state index in [1.165, 1.54) is 11.3 Å². The molecule has 2 heterocycles. The van der Waals surface area contributed by atoms with Gasteiger partial charge in [0.25, 0.3) is 0 Å². The van der Waals surface area contributed by atoms with Gasteiger partial charge in [0, 0.05) is 35.8 Å². The van der Waals surface area contributed by atoms with E-state index in [0.717, 1.165) is 16.3 Å². The molecule has 0 saturated carbocycles. The molecule has 0 spiro atoms. The normalized spacial score (nSPS) is 12.3. The van der Waals surface area contributed by atoms with Gasteiger partial charge in [-0.25, -0.2) is 4.98 Å². The standard InChI is InChI=1S/C12H13N3O2S/c13-9(6-12(16)17)5-11-15-10(7-18-11)8-1-3-14-4-2-8/h1-4,7,9H,5-6,13H2,(H,16,17). The summed E-state index contributed by atoms with van der Waals surface area (Å²) in [5.74, 6) is -0.881. The van der Waals surface area contributed by atoms with E-state index in [0.29, 0.717) is 6.42 Å². The fourth-order valence-corrected chi connectivity index (χ4v) is 2.48. The van der Waals surface area contributed by atoms with E-state index < -0.39 is 5.97 Å². The van der Waals surface area contributed by atoms with Crippen molar-refractivity contribution >= 4 is 17.3 Å². The summed E-state index contributed by atoms with van der Waals surface area (Å²) in [6, 6.07) is 3.38. The van der Waals surface area contributed by atoms with Gasteiger partial charge < -0.3 is 10.8 Å². The Morgan fingerprint density at radius 3 is 2.83 bits per heavy atom. The first-order chi connectivity index (χ1) is 8.65. The van der Waals surface area contributed by atoms with E-state index in [2.05, 4.69) is 9.97 Å². The number of aromatic nitrogens is 2. The first-order valence-corrected chi connectivity index (χ1v) is 6.35. The molecule has 2 rings (SSSR count). The van der Waals surface area contributed by atoms with Gasteiger partial charge in [0.2, 0.25) is 0 Å². The van der Waals surface area contributed by atoms with Crippen LogP contribution in [0.3, 0.4) is 0 Å². The van der Waals surface area contributed by atoms with Crippen molar-refractivity contribution in [3.05, 3.63) is 34.9 Å². The molecule has 0 bridgehead atoms. The van der Waals surface area contributed by atoms with Crippen LogP contribution in [0.25, 0.3) is 11.3 Å². The van der Waals surface area contributed by atoms with Gasteiger partial charge in [-0.3, -0.25) is 9.78 Å². The number of carboxylic acid groups (broad SMARTS) is 1. The quantitative estimate of drug-likeness (QED) is 0.854. The molecule has 18 heavy (non-hydrogen) atoms. The van der Waals surface area contributed by atoms with Crippen LogP contribution < -0.4 is 5.73 Å². The third-order valence-corrected chi connectivity index (χ3v) is 3.27. The molecule has 0 aliphatic carbocycles. The van der Waals surface area contributed by atoms with Gasteiger partial charge in [-0.15, -0.1) is 11.3 Å². The second-order valence-corrected chi connectivity index (χ2v) is 4.87. The van der Waals surface area contributed by atoms with E-state index in [4.69, 9.17) is 10.8 Å². The number of nitrogens with zero attached hydrogens (tertiary/aromatic N) is 2. The average Bonchev–Trinajstić information content (AvgIpc) is 2.77. The molecule has 94 valence electrons. The third kappa shape index (κ3) is 3.35. The lowest BCUT2D eigenvalue weighted by atomic mass is 10.1. The predicted octanol–water partition coefficient (Wildman–Crippen LogP) is 1.55. The Bertz CT molecular complexity index is 527. The van der Waals surface area contributed by atoms with E-state index in [1.54, 1.807) is 12.4 Å². The predicted molar refractivity (Wildman–Crippen MR) is 69.3 cm³/mol. The van der Waals surface area contributed by atoms with Crippen LogP contribution in [0.15, 0.2) is 29.9 Å². The zero-order valence-electron chi connectivity index (χ0n) is 9.61. The Morgan fingerprint density at radius 1 is 1.44 bits per heavy atom. The molecule has 0 aliphatic rings. The van der Waals surface area contributed by atoms with Gasteiger partial charge in [-0.2, -0.15) is 0 Å². The van der Waals surface area contributed by atoms with Crippen LogP contribution in [0.1, 0.15) is 11.4 Å². The van der Waals surface area contributed by atoms with Gasteiger partial charge in [0.1, 0.15) is 0 Å². The van der Waals surface area contributed by atoms with Crippen LogP contribution in [-0.4, -0.2) is 27.1 Å². The maximum atomic E-state index is 10.5. The monoisotopic (exact) mass is 263 g/mol. The second-order valence-electron chi connectivity index (χ2n) is 3.92. The summed E-state index contributed by atoms with van der Waals surface area (Å²) in [6.07, 6.45) is 3.88. The molecule has 5 nitrogen and oxygen atoms in total. The van der Waals surface area contributed by atoms with Crippen LogP contribution in [0.4, 0.5) is 0 Å². The minimum absolute atomic E-state index is 0.0375. The summed E-state index contributed by atoms with van der Waals surface area (Å²) in [5.41, 5.74) is 7.60. The molecule has 1 atom stereocenters. The van der Waals surface area contributed by atoms with Crippen LogP contribution in [0.5, 0.6) is 0 Å². The lowest BCUT2D eigenvalue weighted by Gasteiger charge is -2.05. The topological polar surface area (TPSA) is 89.1 Å². The van der Waals surface area contributed by atoms with Crippen molar-refractivity contribution in [2.75, 3.05) is 0 Å². The molecular weight excluding hydrogens is 250 g/mol. The molecule has 0 fully saturated rings. The summed E-state index contributed by atoms with van der Waals surface area (Å²) < 4.78 is 0. The second kappa shape index (κ2) is 5.70. The number of thiazole rings is 1. The molecule has 0 amide bonds. The Morgan fingerprint density at radius 2 is 2.17 bits per heavy atom. The smallest absolute Gasteiger partial charge is 0.304 e. The molecule has 3 N–H and O–H groups in total. The van der Waals surface area contributed by atoms with E-state index >= 15 is 0 Å². The maximum absolute atomic E-state index is 10.5. The van der Waals surface area contributed by atoms with Crippen molar-refractivity contribution in [1.82, 2.24) is 9.97 Å². The highest BCUT2D eigenvalue weighted by Crippen LogP contribution is 2.21. The Labute approximate surface area is 108 Å². The SMILES string of the molecule is NC(CC(=O)O)Cc1nc(-c2ccncc2)cs1. The molecule has 2 aromatic heterocycles. The molecule has 1 unspecified atom stereocenters. The number of hydrogen-bond donors (Lipinski definition) is 2. The average molecular weight is 263 g/mol. The number of carbonyl (C=O) groups is 1. The van der Waals surface area contributed by atoms with Crippen LogP contribution in [0.2, 0.25) is 0 Å². The largest absolute Gasteiger partial charge is 0.481 e. The summed E-state index contributed by atoms with van der Waals surface area (Å²) in [4.78, 5) is 18.9. The van der Waals surface area contributed by atoms with Crippen molar-refractivity contribution in [3.8, 4) is 11.3 Å². The zero-order chi connectivity index (χ0) is 13.0. The van der Waals surface area contributed by atoms with Crippen molar-refractivity contribution in [3.63, 3.8) is 0 Å². The summed E-state index contributed by atoms with van der Waals surface area (Å²) in [7, 11) is 0. The number of rotatable bonds is 5. The van der Waals surface area contributed by atoms with Gasteiger partial charge in [0.05, 0.1) is 17.1 Å².